The summed E-state index contributed by atoms with van der Waals surface area (Å²) in [6, 6.07) is 0. The van der Waals surface area contributed by atoms with Crippen molar-refractivity contribution in [3.8, 4) is 0 Å². The Morgan fingerprint density at radius 1 is 0.750 bits per heavy atom. The SMILES string of the molecule is CC.C\C=C(C=NC)/C(S)=C/C=C(S)\C(C=NC)=C/C. The molecule has 2 nitrogen and oxygen atoms in total. The number of thiol groups is 2. The lowest BCUT2D eigenvalue weighted by molar-refractivity contribution is 1.45. The lowest BCUT2D eigenvalue weighted by Crippen LogP contribution is -1.86. The Kier molecular flexibility index (Phi) is 15.3. The Balaban J connectivity index is 0. The molecule has 0 aliphatic heterocycles. The van der Waals surface area contributed by atoms with Crippen LogP contribution in [0.4, 0.5) is 0 Å². The molecular formula is C16H26N2S2. The fourth-order valence-electron chi connectivity index (χ4n) is 1.21. The van der Waals surface area contributed by atoms with Crippen LogP contribution >= 0.6 is 25.3 Å². The Morgan fingerprint density at radius 3 is 1.25 bits per heavy atom. The minimum absolute atomic E-state index is 0.846. The number of hydrogen-bond donors (Lipinski definition) is 2. The summed E-state index contributed by atoms with van der Waals surface area (Å²) in [4.78, 5) is 9.65. The largest absolute Gasteiger partial charge is 0.296 e. The van der Waals surface area contributed by atoms with Crippen LogP contribution in [0.3, 0.4) is 0 Å². The molecule has 0 aromatic rings. The van der Waals surface area contributed by atoms with E-state index in [1.807, 2.05) is 52.0 Å². The third-order valence-corrected chi connectivity index (χ3v) is 2.96. The van der Waals surface area contributed by atoms with E-state index in [0.717, 1.165) is 21.0 Å². The topological polar surface area (TPSA) is 24.7 Å². The van der Waals surface area contributed by atoms with Crippen LogP contribution in [0.25, 0.3) is 0 Å². The second-order valence-electron chi connectivity index (χ2n) is 3.37. The van der Waals surface area contributed by atoms with E-state index < -0.39 is 0 Å². The summed E-state index contributed by atoms with van der Waals surface area (Å²) in [6.07, 6.45) is 11.3. The summed E-state index contributed by atoms with van der Waals surface area (Å²) >= 11 is 8.87. The summed E-state index contributed by atoms with van der Waals surface area (Å²) in [5, 5.41) is 0. The molecule has 0 atom stereocenters. The molecule has 0 fully saturated rings. The van der Waals surface area contributed by atoms with E-state index in [4.69, 9.17) is 0 Å². The zero-order valence-electron chi connectivity index (χ0n) is 13.3. The summed E-state index contributed by atoms with van der Waals surface area (Å²) < 4.78 is 0. The molecule has 0 amide bonds. The van der Waals surface area contributed by atoms with Gasteiger partial charge in [0.15, 0.2) is 0 Å². The maximum Gasteiger partial charge on any atom is 0.0289 e. The van der Waals surface area contributed by atoms with Crippen molar-refractivity contribution in [2.45, 2.75) is 27.7 Å². The average molecular weight is 311 g/mol. The van der Waals surface area contributed by atoms with Gasteiger partial charge in [-0.1, -0.05) is 26.0 Å². The van der Waals surface area contributed by atoms with E-state index in [-0.39, 0.29) is 0 Å². The predicted octanol–water partition coefficient (Wildman–Crippen LogP) is 4.93. The predicted molar refractivity (Wildman–Crippen MR) is 102 cm³/mol. The first kappa shape index (κ1) is 21.3. The van der Waals surface area contributed by atoms with Gasteiger partial charge in [0.2, 0.25) is 0 Å². The molecule has 112 valence electrons. The monoisotopic (exact) mass is 310 g/mol. The lowest BCUT2D eigenvalue weighted by atomic mass is 10.2. The summed E-state index contributed by atoms with van der Waals surface area (Å²) in [5.41, 5.74) is 1.95. The highest BCUT2D eigenvalue weighted by Crippen LogP contribution is 2.17. The number of hydrogen-bond acceptors (Lipinski definition) is 4. The van der Waals surface area contributed by atoms with Crippen molar-refractivity contribution in [2.75, 3.05) is 14.1 Å². The fourth-order valence-corrected chi connectivity index (χ4v) is 1.73. The Hall–Kier alpha value is -1.00. The molecule has 0 aromatic carbocycles. The molecule has 0 unspecified atom stereocenters. The lowest BCUT2D eigenvalue weighted by Gasteiger charge is -2.01. The molecule has 0 aromatic heterocycles. The second kappa shape index (κ2) is 14.4. The minimum atomic E-state index is 0.846. The van der Waals surface area contributed by atoms with Crippen molar-refractivity contribution in [3.63, 3.8) is 0 Å². The standard InChI is InChI=1S/C14H20N2S2.C2H6/c1-5-11(9-15-3)13(17)7-8-14(18)12(6-2)10-16-4;1-2/h5-10,17-18H,1-4H3;1-2H3/b11-5-,12-6-,13-7-,14-8+,15-9?,16-10?;. The molecule has 20 heavy (non-hydrogen) atoms. The fraction of sp³-hybridized carbons (Fsp3) is 0.375. The molecular weight excluding hydrogens is 284 g/mol. The molecule has 0 radical (unpaired) electrons. The van der Waals surface area contributed by atoms with Crippen LogP contribution < -0.4 is 0 Å². The van der Waals surface area contributed by atoms with Crippen molar-refractivity contribution in [3.05, 3.63) is 45.3 Å². The number of rotatable bonds is 5. The molecule has 0 rings (SSSR count). The van der Waals surface area contributed by atoms with Gasteiger partial charge in [0.05, 0.1) is 0 Å². The van der Waals surface area contributed by atoms with Crippen LogP contribution in [0.2, 0.25) is 0 Å². The van der Waals surface area contributed by atoms with E-state index >= 15 is 0 Å². The minimum Gasteiger partial charge on any atom is -0.296 e. The molecule has 0 heterocycles. The summed E-state index contributed by atoms with van der Waals surface area (Å²) in [5.74, 6) is 0. The number of aliphatic imine (C=N–C) groups is 2. The van der Waals surface area contributed by atoms with E-state index in [0.29, 0.717) is 0 Å². The first-order valence-corrected chi connectivity index (χ1v) is 7.47. The molecule has 0 saturated heterocycles. The first-order chi connectivity index (χ1) is 9.60. The van der Waals surface area contributed by atoms with Crippen LogP contribution in [-0.2, 0) is 0 Å². The van der Waals surface area contributed by atoms with Crippen molar-refractivity contribution in [2.24, 2.45) is 9.98 Å². The van der Waals surface area contributed by atoms with Gasteiger partial charge in [0.1, 0.15) is 0 Å². The van der Waals surface area contributed by atoms with Gasteiger partial charge in [-0.2, -0.15) is 0 Å². The van der Waals surface area contributed by atoms with Gasteiger partial charge in [-0.25, -0.2) is 0 Å². The molecule has 0 N–H and O–H groups in total. The molecule has 0 bridgehead atoms. The molecule has 4 heteroatoms. The highest BCUT2D eigenvalue weighted by atomic mass is 32.1. The van der Waals surface area contributed by atoms with Crippen LogP contribution in [0.5, 0.6) is 0 Å². The van der Waals surface area contributed by atoms with E-state index in [1.54, 1.807) is 26.5 Å². The maximum atomic E-state index is 4.43. The Labute approximate surface area is 135 Å². The van der Waals surface area contributed by atoms with Crippen LogP contribution in [0.15, 0.2) is 55.2 Å². The van der Waals surface area contributed by atoms with Gasteiger partial charge in [-0.3, -0.25) is 9.98 Å². The highest BCUT2D eigenvalue weighted by molar-refractivity contribution is 7.85. The second-order valence-corrected chi connectivity index (χ2v) is 4.33. The van der Waals surface area contributed by atoms with Crippen LogP contribution in [-0.4, -0.2) is 26.5 Å². The molecule has 0 aliphatic rings. The van der Waals surface area contributed by atoms with Crippen molar-refractivity contribution in [1.29, 1.82) is 0 Å². The zero-order valence-corrected chi connectivity index (χ0v) is 15.0. The van der Waals surface area contributed by atoms with Gasteiger partial charge in [0, 0.05) is 47.5 Å². The quantitative estimate of drug-likeness (QED) is 0.409. The van der Waals surface area contributed by atoms with Gasteiger partial charge < -0.3 is 0 Å². The third kappa shape index (κ3) is 8.99. The first-order valence-electron chi connectivity index (χ1n) is 6.58. The van der Waals surface area contributed by atoms with Crippen molar-refractivity contribution >= 4 is 37.7 Å². The summed E-state index contributed by atoms with van der Waals surface area (Å²) in [7, 11) is 3.47. The number of nitrogens with zero attached hydrogens (tertiary/aromatic N) is 2. The zero-order chi connectivity index (χ0) is 16.0. The van der Waals surface area contributed by atoms with Gasteiger partial charge in [-0.05, 0) is 26.0 Å². The van der Waals surface area contributed by atoms with Crippen LogP contribution in [0.1, 0.15) is 27.7 Å². The Morgan fingerprint density at radius 2 is 1.05 bits per heavy atom. The third-order valence-electron chi connectivity index (χ3n) is 2.15. The summed E-state index contributed by atoms with van der Waals surface area (Å²) in [6.45, 7) is 7.90. The van der Waals surface area contributed by atoms with Gasteiger partial charge >= 0.3 is 0 Å². The van der Waals surface area contributed by atoms with E-state index in [9.17, 15) is 0 Å². The van der Waals surface area contributed by atoms with Gasteiger partial charge in [-0.15, -0.1) is 25.3 Å². The molecule has 0 aliphatic carbocycles. The van der Waals surface area contributed by atoms with Crippen molar-refractivity contribution < 1.29 is 0 Å². The van der Waals surface area contributed by atoms with Crippen LogP contribution in [0, 0.1) is 0 Å². The molecule has 0 saturated carbocycles. The normalized spacial score (nSPS) is 14.8. The maximum absolute atomic E-state index is 4.43. The average Bonchev–Trinajstić information content (AvgIpc) is 2.49. The number of allylic oxidation sites excluding steroid dienone is 6. The highest BCUT2D eigenvalue weighted by Gasteiger charge is 1.97. The van der Waals surface area contributed by atoms with Crippen molar-refractivity contribution in [1.82, 2.24) is 0 Å². The van der Waals surface area contributed by atoms with E-state index in [2.05, 4.69) is 35.2 Å². The molecule has 0 spiro atoms. The smallest absolute Gasteiger partial charge is 0.0289 e. The van der Waals surface area contributed by atoms with E-state index in [1.165, 1.54) is 0 Å². The van der Waals surface area contributed by atoms with Gasteiger partial charge in [0.25, 0.3) is 0 Å². The Bertz CT molecular complexity index is 397.